The predicted octanol–water partition coefficient (Wildman–Crippen LogP) is 3.85. The van der Waals surface area contributed by atoms with Crippen LogP contribution >= 0.6 is 11.6 Å². The molecule has 0 radical (unpaired) electrons. The van der Waals surface area contributed by atoms with Crippen LogP contribution in [0.4, 0.5) is 4.39 Å². The van der Waals surface area contributed by atoms with E-state index in [1.807, 2.05) is 19.1 Å². The van der Waals surface area contributed by atoms with Crippen LogP contribution in [0, 0.1) is 5.82 Å². The molecule has 27 heavy (non-hydrogen) atoms. The van der Waals surface area contributed by atoms with Crippen molar-refractivity contribution in [3.8, 4) is 11.5 Å². The largest absolute Gasteiger partial charge is 0.334 e. The highest BCUT2D eigenvalue weighted by molar-refractivity contribution is 6.31. The summed E-state index contributed by atoms with van der Waals surface area (Å²) < 4.78 is 20.1. The van der Waals surface area contributed by atoms with Crippen molar-refractivity contribution >= 4 is 22.5 Å². The van der Waals surface area contributed by atoms with Crippen LogP contribution in [-0.4, -0.2) is 19.7 Å². The Labute approximate surface area is 158 Å². The van der Waals surface area contributed by atoms with Gasteiger partial charge in [-0.2, -0.15) is 4.98 Å². The van der Waals surface area contributed by atoms with Gasteiger partial charge < -0.3 is 4.52 Å². The number of hydrogen-bond donors (Lipinski definition) is 0. The third-order valence-corrected chi connectivity index (χ3v) is 4.48. The molecule has 0 aliphatic heterocycles. The molecule has 0 saturated carbocycles. The average molecular weight is 385 g/mol. The highest BCUT2D eigenvalue weighted by Crippen LogP contribution is 2.23. The van der Waals surface area contributed by atoms with Gasteiger partial charge in [0.05, 0.1) is 22.5 Å². The Morgan fingerprint density at radius 1 is 1.19 bits per heavy atom. The number of aryl methyl sites for hydroxylation is 1. The number of aromatic nitrogens is 4. The lowest BCUT2D eigenvalue weighted by atomic mass is 10.2. The average Bonchev–Trinajstić information content (AvgIpc) is 3.15. The van der Waals surface area contributed by atoms with E-state index in [0.29, 0.717) is 34.5 Å². The van der Waals surface area contributed by atoms with E-state index in [9.17, 15) is 9.18 Å². The highest BCUT2D eigenvalue weighted by Gasteiger charge is 2.15. The zero-order valence-electron chi connectivity index (χ0n) is 14.3. The molecule has 0 bridgehead atoms. The van der Waals surface area contributed by atoms with E-state index >= 15 is 0 Å². The Morgan fingerprint density at radius 3 is 2.78 bits per heavy atom. The molecule has 6 nitrogen and oxygen atoms in total. The van der Waals surface area contributed by atoms with Crippen molar-refractivity contribution < 1.29 is 8.91 Å². The van der Waals surface area contributed by atoms with Gasteiger partial charge in [0.2, 0.25) is 0 Å². The van der Waals surface area contributed by atoms with Gasteiger partial charge in [0.1, 0.15) is 11.6 Å². The van der Waals surface area contributed by atoms with Crippen molar-refractivity contribution in [2.75, 3.05) is 0 Å². The van der Waals surface area contributed by atoms with Gasteiger partial charge in [0.15, 0.2) is 5.82 Å². The minimum Gasteiger partial charge on any atom is -0.334 e. The smallest absolute Gasteiger partial charge is 0.261 e. The standard InChI is InChI=1S/C19H14ClFN4O2/c1-2-17-22-15-6-4-3-5-12(15)19(26)25(17)10-16-23-18(27-24-16)11-7-8-14(21)13(20)9-11/h3-9H,2,10H2,1H3. The molecular formula is C19H14ClFN4O2. The summed E-state index contributed by atoms with van der Waals surface area (Å²) in [6, 6.07) is 11.3. The van der Waals surface area contributed by atoms with E-state index in [0.717, 1.165) is 0 Å². The Morgan fingerprint density at radius 2 is 2.00 bits per heavy atom. The van der Waals surface area contributed by atoms with Gasteiger partial charge in [-0.05, 0) is 30.3 Å². The van der Waals surface area contributed by atoms with E-state index < -0.39 is 5.82 Å². The fraction of sp³-hybridized carbons (Fsp3) is 0.158. The first-order valence-electron chi connectivity index (χ1n) is 8.33. The van der Waals surface area contributed by atoms with Crippen LogP contribution in [0.1, 0.15) is 18.6 Å². The number of nitrogens with zero attached hydrogens (tertiary/aromatic N) is 4. The Hall–Kier alpha value is -3.06. The van der Waals surface area contributed by atoms with Crippen molar-refractivity contribution in [2.45, 2.75) is 19.9 Å². The minimum atomic E-state index is -0.526. The molecule has 0 unspecified atom stereocenters. The summed E-state index contributed by atoms with van der Waals surface area (Å²) in [4.78, 5) is 21.7. The first-order chi connectivity index (χ1) is 13.1. The number of fused-ring (bicyclic) bond motifs is 1. The van der Waals surface area contributed by atoms with Crippen molar-refractivity contribution in [3.63, 3.8) is 0 Å². The SMILES string of the molecule is CCc1nc2ccccc2c(=O)n1Cc1noc(-c2ccc(F)c(Cl)c2)n1. The van der Waals surface area contributed by atoms with E-state index in [-0.39, 0.29) is 23.0 Å². The molecule has 2 heterocycles. The maximum Gasteiger partial charge on any atom is 0.261 e. The van der Waals surface area contributed by atoms with Crippen molar-refractivity contribution in [3.05, 3.63) is 75.3 Å². The predicted molar refractivity (Wildman–Crippen MR) is 99.2 cm³/mol. The van der Waals surface area contributed by atoms with Crippen LogP contribution in [0.3, 0.4) is 0 Å². The number of para-hydroxylation sites is 1. The molecule has 136 valence electrons. The summed E-state index contributed by atoms with van der Waals surface area (Å²) >= 11 is 5.80. The zero-order chi connectivity index (χ0) is 19.0. The fourth-order valence-electron chi connectivity index (χ4n) is 2.85. The molecule has 4 rings (SSSR count). The number of hydrogen-bond acceptors (Lipinski definition) is 5. The van der Waals surface area contributed by atoms with Crippen LogP contribution in [0.25, 0.3) is 22.4 Å². The Bertz CT molecular complexity index is 1200. The van der Waals surface area contributed by atoms with Gasteiger partial charge in [-0.1, -0.05) is 35.8 Å². The molecule has 0 aliphatic rings. The Kier molecular flexibility index (Phi) is 4.45. The Balaban J connectivity index is 1.73. The van der Waals surface area contributed by atoms with Crippen molar-refractivity contribution in [1.29, 1.82) is 0 Å². The zero-order valence-corrected chi connectivity index (χ0v) is 15.1. The van der Waals surface area contributed by atoms with Crippen LogP contribution in [0.15, 0.2) is 51.8 Å². The first kappa shape index (κ1) is 17.4. The van der Waals surface area contributed by atoms with Gasteiger partial charge in [-0.15, -0.1) is 0 Å². The molecule has 0 spiro atoms. The summed E-state index contributed by atoms with van der Waals surface area (Å²) in [5, 5.41) is 4.43. The fourth-order valence-corrected chi connectivity index (χ4v) is 3.03. The van der Waals surface area contributed by atoms with E-state index in [1.165, 1.54) is 22.8 Å². The third-order valence-electron chi connectivity index (χ3n) is 4.19. The van der Waals surface area contributed by atoms with Gasteiger partial charge in [-0.3, -0.25) is 9.36 Å². The van der Waals surface area contributed by atoms with Crippen LogP contribution in [-0.2, 0) is 13.0 Å². The topological polar surface area (TPSA) is 73.8 Å². The third kappa shape index (κ3) is 3.21. The number of benzene rings is 2. The van der Waals surface area contributed by atoms with E-state index in [2.05, 4.69) is 15.1 Å². The monoisotopic (exact) mass is 384 g/mol. The van der Waals surface area contributed by atoms with Gasteiger partial charge in [-0.25, -0.2) is 9.37 Å². The lowest BCUT2D eigenvalue weighted by Gasteiger charge is -2.10. The van der Waals surface area contributed by atoms with Gasteiger partial charge >= 0.3 is 0 Å². The quantitative estimate of drug-likeness (QED) is 0.534. The van der Waals surface area contributed by atoms with E-state index in [1.54, 1.807) is 12.1 Å². The van der Waals surface area contributed by atoms with Gasteiger partial charge in [0, 0.05) is 12.0 Å². The molecule has 2 aromatic carbocycles. The van der Waals surface area contributed by atoms with Crippen LogP contribution < -0.4 is 5.56 Å². The molecule has 0 N–H and O–H groups in total. The van der Waals surface area contributed by atoms with Crippen molar-refractivity contribution in [1.82, 2.24) is 19.7 Å². The van der Waals surface area contributed by atoms with Crippen molar-refractivity contribution in [2.24, 2.45) is 0 Å². The van der Waals surface area contributed by atoms with Crippen LogP contribution in [0.2, 0.25) is 5.02 Å². The summed E-state index contributed by atoms with van der Waals surface area (Å²) in [6.45, 7) is 2.05. The molecule has 4 aromatic rings. The summed E-state index contributed by atoms with van der Waals surface area (Å²) in [5.74, 6) is 0.627. The number of halogens is 2. The van der Waals surface area contributed by atoms with Gasteiger partial charge in [0.25, 0.3) is 11.4 Å². The molecule has 0 atom stereocenters. The highest BCUT2D eigenvalue weighted by atomic mass is 35.5. The molecule has 8 heteroatoms. The second kappa shape index (κ2) is 6.92. The molecular weight excluding hydrogens is 371 g/mol. The normalized spacial score (nSPS) is 11.2. The summed E-state index contributed by atoms with van der Waals surface area (Å²) in [5.41, 5.74) is 0.999. The second-order valence-electron chi connectivity index (χ2n) is 5.93. The maximum atomic E-state index is 13.3. The molecule has 0 amide bonds. The maximum absolute atomic E-state index is 13.3. The summed E-state index contributed by atoms with van der Waals surface area (Å²) in [7, 11) is 0. The second-order valence-corrected chi connectivity index (χ2v) is 6.34. The molecule has 0 saturated heterocycles. The summed E-state index contributed by atoms with van der Waals surface area (Å²) in [6.07, 6.45) is 0.582. The van der Waals surface area contributed by atoms with Crippen LogP contribution in [0.5, 0.6) is 0 Å². The molecule has 0 fully saturated rings. The molecule has 0 aliphatic carbocycles. The minimum absolute atomic E-state index is 0.0320. The van der Waals surface area contributed by atoms with E-state index in [4.69, 9.17) is 16.1 Å². The lowest BCUT2D eigenvalue weighted by Crippen LogP contribution is -2.26. The lowest BCUT2D eigenvalue weighted by molar-refractivity contribution is 0.419. The molecule has 2 aromatic heterocycles. The first-order valence-corrected chi connectivity index (χ1v) is 8.71. The number of rotatable bonds is 4.